The van der Waals surface area contributed by atoms with Crippen molar-refractivity contribution in [2.75, 3.05) is 0 Å². The zero-order chi connectivity index (χ0) is 18.6. The van der Waals surface area contributed by atoms with Crippen molar-refractivity contribution in [2.45, 2.75) is 54.7 Å². The molecule has 3 rings (SSSR count). The van der Waals surface area contributed by atoms with E-state index in [1.165, 1.54) is 16.7 Å². The molecule has 0 spiro atoms. The Labute approximate surface area is 150 Å². The first-order valence-corrected chi connectivity index (χ1v) is 10.6. The second-order valence-electron chi connectivity index (χ2n) is 6.97. The van der Waals surface area contributed by atoms with E-state index < -0.39 is 47.4 Å². The Morgan fingerprint density at radius 2 is 2.16 bits per heavy atom. The molecule has 2 fully saturated rings. The molecule has 2 saturated heterocycles. The first-order chi connectivity index (χ1) is 11.5. The number of nitrogens with zero attached hydrogens (tertiary/aromatic N) is 1. The summed E-state index contributed by atoms with van der Waals surface area (Å²) in [6, 6.07) is -1.64. The third-order valence-electron chi connectivity index (χ3n) is 4.72. The summed E-state index contributed by atoms with van der Waals surface area (Å²) in [4.78, 5) is 45.2. The lowest BCUT2D eigenvalue weighted by atomic mass is 9.97. The van der Waals surface area contributed by atoms with Gasteiger partial charge in [-0.3, -0.25) is 14.2 Å². The molecule has 2 amide bonds. The van der Waals surface area contributed by atoms with Crippen molar-refractivity contribution in [3.63, 3.8) is 0 Å². The predicted octanol–water partition coefficient (Wildman–Crippen LogP) is 0.272. The van der Waals surface area contributed by atoms with E-state index in [1.807, 2.05) is 18.2 Å². The second-order valence-corrected chi connectivity index (χ2v) is 10.4. The number of allylic oxidation sites excluding steroid dienone is 3. The van der Waals surface area contributed by atoms with Crippen molar-refractivity contribution < 1.29 is 23.9 Å². The fourth-order valence-electron chi connectivity index (χ4n) is 3.56. The van der Waals surface area contributed by atoms with Gasteiger partial charge in [-0.05, 0) is 32.3 Å². The fourth-order valence-corrected chi connectivity index (χ4v) is 7.16. The Balaban J connectivity index is 1.70. The van der Waals surface area contributed by atoms with Gasteiger partial charge in [0, 0.05) is 4.75 Å². The number of β-lactam (4-membered cyclic amide) rings is 1. The second kappa shape index (κ2) is 6.25. The van der Waals surface area contributed by atoms with Crippen LogP contribution in [0.2, 0.25) is 0 Å². The van der Waals surface area contributed by atoms with Gasteiger partial charge in [-0.1, -0.05) is 18.2 Å². The summed E-state index contributed by atoms with van der Waals surface area (Å²) in [5, 5.41) is 2.16. The molecule has 0 saturated carbocycles. The van der Waals surface area contributed by atoms with Crippen molar-refractivity contribution >= 4 is 31.2 Å². The SMILES string of the molecule is CC1(C)S[C@@H]2C(NC(=O)C(N)C3=CCC=CC3)C(=O)N2C1P(=O)(O)O. The molecule has 3 aliphatic rings. The number of hydrogen-bond acceptors (Lipinski definition) is 5. The van der Waals surface area contributed by atoms with Gasteiger partial charge in [0.2, 0.25) is 11.8 Å². The normalized spacial score (nSPS) is 31.9. The summed E-state index contributed by atoms with van der Waals surface area (Å²) in [5.41, 5.74) is 6.78. The molecule has 4 atom stereocenters. The van der Waals surface area contributed by atoms with E-state index in [4.69, 9.17) is 5.73 Å². The van der Waals surface area contributed by atoms with Crippen molar-refractivity contribution in [1.82, 2.24) is 10.2 Å². The van der Waals surface area contributed by atoms with E-state index in [0.29, 0.717) is 6.42 Å². The molecule has 0 bridgehead atoms. The summed E-state index contributed by atoms with van der Waals surface area (Å²) < 4.78 is 11.0. The van der Waals surface area contributed by atoms with Crippen LogP contribution in [0.4, 0.5) is 0 Å². The van der Waals surface area contributed by atoms with Crippen LogP contribution in [-0.2, 0) is 14.2 Å². The van der Waals surface area contributed by atoms with E-state index in [9.17, 15) is 23.9 Å². The average molecular weight is 387 g/mol. The van der Waals surface area contributed by atoms with Crippen LogP contribution in [-0.4, -0.2) is 54.5 Å². The highest BCUT2D eigenvalue weighted by Crippen LogP contribution is 2.62. The number of hydrogen-bond donors (Lipinski definition) is 4. The van der Waals surface area contributed by atoms with Crippen LogP contribution in [0, 0.1) is 0 Å². The van der Waals surface area contributed by atoms with Crippen LogP contribution in [0.15, 0.2) is 23.8 Å². The minimum absolute atomic E-state index is 0.447. The van der Waals surface area contributed by atoms with Gasteiger partial charge in [-0.25, -0.2) is 0 Å². The summed E-state index contributed by atoms with van der Waals surface area (Å²) in [7, 11) is -4.49. The topological polar surface area (TPSA) is 133 Å². The third kappa shape index (κ3) is 3.19. The van der Waals surface area contributed by atoms with Crippen molar-refractivity contribution in [2.24, 2.45) is 5.73 Å². The van der Waals surface area contributed by atoms with Crippen LogP contribution in [0.25, 0.3) is 0 Å². The van der Waals surface area contributed by atoms with E-state index in [0.717, 1.165) is 12.0 Å². The van der Waals surface area contributed by atoms with E-state index in [1.54, 1.807) is 13.8 Å². The van der Waals surface area contributed by atoms with Gasteiger partial charge in [0.1, 0.15) is 23.2 Å². The predicted molar refractivity (Wildman–Crippen MR) is 94.5 cm³/mol. The number of nitrogens with one attached hydrogen (secondary N) is 1. The summed E-state index contributed by atoms with van der Waals surface area (Å²) in [6.45, 7) is 3.38. The summed E-state index contributed by atoms with van der Waals surface area (Å²) in [5.74, 6) is -2.11. The van der Waals surface area contributed by atoms with Crippen molar-refractivity contribution in [3.8, 4) is 0 Å². The van der Waals surface area contributed by atoms with E-state index in [-0.39, 0.29) is 0 Å². The summed E-state index contributed by atoms with van der Waals surface area (Å²) >= 11 is 1.29. The Morgan fingerprint density at radius 1 is 1.48 bits per heavy atom. The highest BCUT2D eigenvalue weighted by Gasteiger charge is 2.66. The van der Waals surface area contributed by atoms with Gasteiger partial charge in [-0.2, -0.15) is 0 Å². The van der Waals surface area contributed by atoms with Gasteiger partial charge < -0.3 is 25.7 Å². The highest BCUT2D eigenvalue weighted by atomic mass is 32.2. The Kier molecular flexibility index (Phi) is 4.66. The molecule has 5 N–H and O–H groups in total. The molecule has 0 aromatic rings. The maximum atomic E-state index is 12.4. The van der Waals surface area contributed by atoms with E-state index >= 15 is 0 Å². The number of nitrogens with two attached hydrogens (primary N) is 1. The maximum absolute atomic E-state index is 12.4. The van der Waals surface area contributed by atoms with Gasteiger partial charge in [0.25, 0.3) is 0 Å². The Hall–Kier alpha value is -1.12. The van der Waals surface area contributed by atoms with Gasteiger partial charge >= 0.3 is 7.60 Å². The molecule has 0 aromatic carbocycles. The molecular weight excluding hydrogens is 365 g/mol. The van der Waals surface area contributed by atoms with Gasteiger partial charge in [0.15, 0.2) is 0 Å². The number of rotatable bonds is 4. The minimum Gasteiger partial charge on any atom is -0.340 e. The Bertz CT molecular complexity index is 716. The van der Waals surface area contributed by atoms with Gasteiger partial charge in [-0.15, -0.1) is 11.8 Å². The Morgan fingerprint density at radius 3 is 2.72 bits per heavy atom. The van der Waals surface area contributed by atoms with E-state index in [2.05, 4.69) is 5.32 Å². The highest BCUT2D eigenvalue weighted by molar-refractivity contribution is 8.02. The first kappa shape index (κ1) is 18.7. The lowest BCUT2D eigenvalue weighted by molar-refractivity contribution is -0.149. The van der Waals surface area contributed by atoms with Gasteiger partial charge in [0.05, 0.1) is 0 Å². The first-order valence-electron chi connectivity index (χ1n) is 7.99. The van der Waals surface area contributed by atoms with Crippen molar-refractivity contribution in [3.05, 3.63) is 23.8 Å². The van der Waals surface area contributed by atoms with Crippen LogP contribution in [0.5, 0.6) is 0 Å². The smallest absolute Gasteiger partial charge is 0.340 e. The standard InChI is InChI=1S/C15H22N3O5PS/c1-15(2)14(24(21,22)23)18-12(20)10(13(18)25-15)17-11(19)9(16)8-6-4-3-5-7-8/h3-4,7,9-10,13-14H,5-6,16H2,1-2H3,(H,17,19)(H2,21,22,23)/t9?,10?,13-,14?/m1/s1. The number of thioether (sulfide) groups is 1. The van der Waals surface area contributed by atoms with Crippen LogP contribution >= 0.6 is 19.4 Å². The molecule has 0 radical (unpaired) electrons. The molecule has 2 aliphatic heterocycles. The summed E-state index contributed by atoms with van der Waals surface area (Å²) in [6.07, 6.45) is 7.16. The fraction of sp³-hybridized carbons (Fsp3) is 0.600. The zero-order valence-corrected chi connectivity index (χ0v) is 15.7. The molecule has 10 heteroatoms. The number of carbonyl (C=O) groups excluding carboxylic acids is 2. The minimum atomic E-state index is -4.49. The number of amides is 2. The van der Waals surface area contributed by atoms with Crippen LogP contribution in [0.1, 0.15) is 26.7 Å². The third-order valence-corrected chi connectivity index (χ3v) is 8.00. The largest absolute Gasteiger partial charge is 0.349 e. The lowest BCUT2D eigenvalue weighted by Crippen LogP contribution is -2.70. The van der Waals surface area contributed by atoms with Crippen LogP contribution < -0.4 is 11.1 Å². The molecule has 25 heavy (non-hydrogen) atoms. The lowest BCUT2D eigenvalue weighted by Gasteiger charge is -2.44. The molecule has 8 nitrogen and oxygen atoms in total. The molecule has 2 heterocycles. The molecule has 3 unspecified atom stereocenters. The monoisotopic (exact) mass is 387 g/mol. The van der Waals surface area contributed by atoms with Crippen molar-refractivity contribution in [1.29, 1.82) is 0 Å². The number of fused-ring (bicyclic) bond motifs is 1. The quantitative estimate of drug-likeness (QED) is 0.309. The maximum Gasteiger partial charge on any atom is 0.349 e. The average Bonchev–Trinajstić information content (AvgIpc) is 2.80. The molecule has 138 valence electrons. The molecule has 1 aliphatic carbocycles. The zero-order valence-electron chi connectivity index (χ0n) is 14.0. The van der Waals surface area contributed by atoms with Crippen LogP contribution in [0.3, 0.4) is 0 Å². The molecular formula is C15H22N3O5PS. The molecule has 0 aromatic heterocycles. The number of carbonyl (C=O) groups is 2.